The third-order valence-corrected chi connectivity index (χ3v) is 1.92. The van der Waals surface area contributed by atoms with Gasteiger partial charge in [0, 0.05) is 0 Å². The normalized spacial score (nSPS) is 11.9. The minimum absolute atomic E-state index is 0.0642. The lowest BCUT2D eigenvalue weighted by atomic mass is 10.2. The Morgan fingerprint density at radius 2 is 2.07 bits per heavy atom. The number of hydrogen-bond acceptors (Lipinski definition) is 3. The monoisotopic (exact) mass is 192 g/mol. The number of hydrogen-bond donors (Lipinski definition) is 0. The van der Waals surface area contributed by atoms with Crippen LogP contribution in [0.25, 0.3) is 0 Å². The third kappa shape index (κ3) is 2.42. The van der Waals surface area contributed by atoms with E-state index in [0.717, 1.165) is 0 Å². The van der Waals surface area contributed by atoms with Gasteiger partial charge in [0.25, 0.3) is 0 Å². The van der Waals surface area contributed by atoms with Crippen molar-refractivity contribution < 1.29 is 14.3 Å². The summed E-state index contributed by atoms with van der Waals surface area (Å²) in [6.07, 6.45) is 0.193. The van der Waals surface area contributed by atoms with Crippen molar-refractivity contribution >= 4 is 12.1 Å². The number of carbonyl (C=O) groups excluding carboxylic acids is 2. The average molecular weight is 192 g/mol. The summed E-state index contributed by atoms with van der Waals surface area (Å²) >= 11 is 0. The maximum Gasteiger partial charge on any atom is 0.169 e. The molecule has 1 aromatic carbocycles. The summed E-state index contributed by atoms with van der Waals surface area (Å²) in [5, 5.41) is 0. The van der Waals surface area contributed by atoms with Gasteiger partial charge in [0.1, 0.15) is 5.75 Å². The summed E-state index contributed by atoms with van der Waals surface area (Å²) < 4.78 is 5.32. The van der Waals surface area contributed by atoms with Crippen molar-refractivity contribution in [3.8, 4) is 5.75 Å². The van der Waals surface area contributed by atoms with Gasteiger partial charge in [0.05, 0.1) is 5.56 Å². The molecule has 3 heteroatoms. The van der Waals surface area contributed by atoms with Crippen LogP contribution in [0.3, 0.4) is 0 Å². The van der Waals surface area contributed by atoms with E-state index >= 15 is 0 Å². The molecule has 0 aliphatic carbocycles. The predicted octanol–water partition coefficient (Wildman–Crippen LogP) is 1.86. The van der Waals surface area contributed by atoms with Gasteiger partial charge in [-0.15, -0.1) is 0 Å². The first kappa shape index (κ1) is 10.4. The molecule has 0 radical (unpaired) electrons. The van der Waals surface area contributed by atoms with Gasteiger partial charge in [-0.2, -0.15) is 0 Å². The van der Waals surface area contributed by atoms with E-state index in [-0.39, 0.29) is 5.78 Å². The standard InChI is InChI=1S/C11H12O3/c1-8(13)9(2)14-11-6-4-3-5-10(11)7-12/h3-7,9H,1-2H3. The fraction of sp³-hybridized carbons (Fsp3) is 0.273. The number of carbonyl (C=O) groups is 2. The molecule has 0 N–H and O–H groups in total. The molecule has 0 saturated carbocycles. The maximum atomic E-state index is 10.9. The van der Waals surface area contributed by atoms with E-state index < -0.39 is 6.10 Å². The zero-order valence-corrected chi connectivity index (χ0v) is 8.19. The van der Waals surface area contributed by atoms with Crippen LogP contribution in [0, 0.1) is 0 Å². The lowest BCUT2D eigenvalue weighted by molar-refractivity contribution is -0.122. The zero-order chi connectivity index (χ0) is 10.6. The summed E-state index contributed by atoms with van der Waals surface area (Å²) in [5.41, 5.74) is 0.459. The molecule has 14 heavy (non-hydrogen) atoms. The number of rotatable bonds is 4. The molecule has 0 aliphatic heterocycles. The van der Waals surface area contributed by atoms with E-state index in [0.29, 0.717) is 17.6 Å². The van der Waals surface area contributed by atoms with Crippen molar-refractivity contribution in [2.45, 2.75) is 20.0 Å². The minimum Gasteiger partial charge on any atom is -0.482 e. The number of Topliss-reactive ketones (excluding diaryl/α,β-unsaturated/α-hetero) is 1. The smallest absolute Gasteiger partial charge is 0.169 e. The van der Waals surface area contributed by atoms with Crippen molar-refractivity contribution in [2.24, 2.45) is 0 Å². The number of para-hydroxylation sites is 1. The van der Waals surface area contributed by atoms with Gasteiger partial charge in [0.15, 0.2) is 18.2 Å². The molecule has 0 aromatic heterocycles. The SMILES string of the molecule is CC(=O)C(C)Oc1ccccc1C=O. The number of aldehydes is 1. The zero-order valence-electron chi connectivity index (χ0n) is 8.19. The first-order valence-corrected chi connectivity index (χ1v) is 4.36. The summed E-state index contributed by atoms with van der Waals surface area (Å²) in [6, 6.07) is 6.82. The highest BCUT2D eigenvalue weighted by Gasteiger charge is 2.10. The summed E-state index contributed by atoms with van der Waals surface area (Å²) in [6.45, 7) is 3.11. The van der Waals surface area contributed by atoms with E-state index in [1.165, 1.54) is 6.92 Å². The molecular weight excluding hydrogens is 180 g/mol. The molecule has 74 valence electrons. The second-order valence-corrected chi connectivity index (χ2v) is 3.03. The van der Waals surface area contributed by atoms with E-state index in [1.807, 2.05) is 0 Å². The van der Waals surface area contributed by atoms with Gasteiger partial charge in [0.2, 0.25) is 0 Å². The van der Waals surface area contributed by atoms with Crippen LogP contribution in [0.1, 0.15) is 24.2 Å². The van der Waals surface area contributed by atoms with Crippen molar-refractivity contribution in [3.05, 3.63) is 29.8 Å². The van der Waals surface area contributed by atoms with Crippen LogP contribution in [0.15, 0.2) is 24.3 Å². The largest absolute Gasteiger partial charge is 0.482 e. The molecule has 3 nitrogen and oxygen atoms in total. The fourth-order valence-corrected chi connectivity index (χ4v) is 0.959. The second-order valence-electron chi connectivity index (χ2n) is 3.03. The molecule has 0 fully saturated rings. The molecule has 0 spiro atoms. The minimum atomic E-state index is -0.518. The van der Waals surface area contributed by atoms with Crippen LogP contribution in [-0.4, -0.2) is 18.2 Å². The van der Waals surface area contributed by atoms with E-state index in [9.17, 15) is 9.59 Å². The highest BCUT2D eigenvalue weighted by atomic mass is 16.5. The molecule has 0 bridgehead atoms. The fourth-order valence-electron chi connectivity index (χ4n) is 0.959. The topological polar surface area (TPSA) is 43.4 Å². The Kier molecular flexibility index (Phi) is 3.40. The maximum absolute atomic E-state index is 10.9. The van der Waals surface area contributed by atoms with Crippen LogP contribution < -0.4 is 4.74 Å². The van der Waals surface area contributed by atoms with Crippen molar-refractivity contribution in [1.29, 1.82) is 0 Å². The molecule has 1 atom stereocenters. The van der Waals surface area contributed by atoms with Crippen molar-refractivity contribution in [1.82, 2.24) is 0 Å². The Hall–Kier alpha value is -1.64. The molecule has 0 saturated heterocycles. The molecule has 0 amide bonds. The van der Waals surface area contributed by atoms with Crippen LogP contribution >= 0.6 is 0 Å². The highest BCUT2D eigenvalue weighted by Crippen LogP contribution is 2.17. The van der Waals surface area contributed by atoms with Gasteiger partial charge in [-0.1, -0.05) is 12.1 Å². The van der Waals surface area contributed by atoms with Gasteiger partial charge in [-0.3, -0.25) is 9.59 Å². The number of ether oxygens (including phenoxy) is 1. The van der Waals surface area contributed by atoms with Crippen LogP contribution in [0.5, 0.6) is 5.75 Å². The Morgan fingerprint density at radius 1 is 1.43 bits per heavy atom. The number of ketones is 1. The predicted molar refractivity (Wildman–Crippen MR) is 52.6 cm³/mol. The van der Waals surface area contributed by atoms with Gasteiger partial charge in [-0.25, -0.2) is 0 Å². The second kappa shape index (κ2) is 4.56. The molecule has 0 heterocycles. The van der Waals surface area contributed by atoms with Crippen LogP contribution in [-0.2, 0) is 4.79 Å². The van der Waals surface area contributed by atoms with Crippen LogP contribution in [0.4, 0.5) is 0 Å². The molecule has 1 aromatic rings. The Morgan fingerprint density at radius 3 is 2.64 bits per heavy atom. The third-order valence-electron chi connectivity index (χ3n) is 1.92. The van der Waals surface area contributed by atoms with Crippen LogP contribution in [0.2, 0.25) is 0 Å². The van der Waals surface area contributed by atoms with E-state index in [4.69, 9.17) is 4.74 Å². The summed E-state index contributed by atoms with van der Waals surface area (Å²) in [5.74, 6) is 0.385. The Balaban J connectivity index is 2.85. The molecule has 0 aliphatic rings. The molecule has 1 rings (SSSR count). The first-order chi connectivity index (χ1) is 6.65. The van der Waals surface area contributed by atoms with E-state index in [1.54, 1.807) is 31.2 Å². The molecule has 1 unspecified atom stereocenters. The first-order valence-electron chi connectivity index (χ1n) is 4.36. The molecular formula is C11H12O3. The van der Waals surface area contributed by atoms with Gasteiger partial charge < -0.3 is 4.74 Å². The summed E-state index contributed by atoms with van der Waals surface area (Å²) in [4.78, 5) is 21.5. The lowest BCUT2D eigenvalue weighted by Gasteiger charge is -2.12. The van der Waals surface area contributed by atoms with Gasteiger partial charge in [-0.05, 0) is 26.0 Å². The Bertz CT molecular complexity index is 344. The number of benzene rings is 1. The Labute approximate surface area is 82.7 Å². The van der Waals surface area contributed by atoms with Crippen molar-refractivity contribution in [2.75, 3.05) is 0 Å². The summed E-state index contributed by atoms with van der Waals surface area (Å²) in [7, 11) is 0. The highest BCUT2D eigenvalue weighted by molar-refractivity contribution is 5.82. The van der Waals surface area contributed by atoms with E-state index in [2.05, 4.69) is 0 Å². The quantitative estimate of drug-likeness (QED) is 0.684. The van der Waals surface area contributed by atoms with Gasteiger partial charge >= 0.3 is 0 Å². The lowest BCUT2D eigenvalue weighted by Crippen LogP contribution is -2.21. The average Bonchev–Trinajstić information content (AvgIpc) is 2.18. The van der Waals surface area contributed by atoms with Crippen molar-refractivity contribution in [3.63, 3.8) is 0 Å².